The number of hydrogen-bond donors (Lipinski definition) is 0. The Balaban J connectivity index is 1.78. The van der Waals surface area contributed by atoms with E-state index in [1.807, 2.05) is 0 Å². The molecule has 0 bridgehead atoms. The van der Waals surface area contributed by atoms with Gasteiger partial charge in [0.25, 0.3) is 5.91 Å². The molecule has 0 unspecified atom stereocenters. The molecule has 0 atom stereocenters. The van der Waals surface area contributed by atoms with Crippen LogP contribution in [0.2, 0.25) is 0 Å². The van der Waals surface area contributed by atoms with Crippen LogP contribution in [0.4, 0.5) is 0 Å². The highest BCUT2D eigenvalue weighted by atomic mass is 16.5. The highest BCUT2D eigenvalue weighted by molar-refractivity contribution is 5.94. The molecule has 0 fully saturated rings. The number of benzene rings is 1. The van der Waals surface area contributed by atoms with Crippen molar-refractivity contribution in [1.29, 1.82) is 0 Å². The standard InChI is InChI=1S/C19H20N2O5/c1-23-10-8-21(19(22)14-5-3-6-16(11-14)24-2)13-15-12-18(26-20-15)17-7-4-9-25-17/h3-7,9,11-12H,8,10,13H2,1-2H3. The minimum Gasteiger partial charge on any atom is -0.497 e. The minimum atomic E-state index is -0.136. The number of carbonyl (C=O) groups excluding carboxylic acids is 1. The van der Waals surface area contributed by atoms with Crippen molar-refractivity contribution in [1.82, 2.24) is 10.1 Å². The summed E-state index contributed by atoms with van der Waals surface area (Å²) in [5.74, 6) is 1.60. The van der Waals surface area contributed by atoms with Gasteiger partial charge >= 0.3 is 0 Å². The highest BCUT2D eigenvalue weighted by Gasteiger charge is 2.19. The molecule has 1 aromatic carbocycles. The lowest BCUT2D eigenvalue weighted by Gasteiger charge is -2.21. The van der Waals surface area contributed by atoms with Gasteiger partial charge in [0, 0.05) is 25.3 Å². The summed E-state index contributed by atoms with van der Waals surface area (Å²) in [6.07, 6.45) is 1.56. The summed E-state index contributed by atoms with van der Waals surface area (Å²) in [5.41, 5.74) is 1.17. The first kappa shape index (κ1) is 17.8. The van der Waals surface area contributed by atoms with Gasteiger partial charge in [-0.05, 0) is 30.3 Å². The summed E-state index contributed by atoms with van der Waals surface area (Å²) >= 11 is 0. The van der Waals surface area contributed by atoms with E-state index < -0.39 is 0 Å². The number of hydrogen-bond acceptors (Lipinski definition) is 6. The predicted molar refractivity (Wildman–Crippen MR) is 93.8 cm³/mol. The molecule has 0 spiro atoms. The van der Waals surface area contributed by atoms with E-state index in [9.17, 15) is 4.79 Å². The lowest BCUT2D eigenvalue weighted by molar-refractivity contribution is 0.0676. The van der Waals surface area contributed by atoms with Crippen LogP contribution < -0.4 is 4.74 Å². The number of rotatable bonds is 8. The third-order valence-electron chi connectivity index (χ3n) is 3.85. The zero-order valence-corrected chi connectivity index (χ0v) is 14.7. The Bertz CT molecular complexity index is 841. The number of furan rings is 1. The van der Waals surface area contributed by atoms with E-state index in [2.05, 4.69) is 5.16 Å². The molecule has 7 nitrogen and oxygen atoms in total. The molecule has 3 aromatic rings. The normalized spacial score (nSPS) is 10.7. The topological polar surface area (TPSA) is 77.9 Å². The molecule has 0 aliphatic heterocycles. The van der Waals surface area contributed by atoms with E-state index >= 15 is 0 Å². The summed E-state index contributed by atoms with van der Waals surface area (Å²) in [4.78, 5) is 14.6. The van der Waals surface area contributed by atoms with Crippen molar-refractivity contribution in [2.45, 2.75) is 6.54 Å². The largest absolute Gasteiger partial charge is 0.497 e. The quantitative estimate of drug-likeness (QED) is 0.617. The van der Waals surface area contributed by atoms with E-state index in [1.165, 1.54) is 0 Å². The fourth-order valence-corrected chi connectivity index (χ4v) is 2.51. The van der Waals surface area contributed by atoms with Gasteiger partial charge in [0.2, 0.25) is 5.76 Å². The number of nitrogens with zero attached hydrogens (tertiary/aromatic N) is 2. The monoisotopic (exact) mass is 356 g/mol. The molecule has 0 aliphatic carbocycles. The van der Waals surface area contributed by atoms with Gasteiger partial charge in [-0.2, -0.15) is 0 Å². The van der Waals surface area contributed by atoms with Gasteiger partial charge in [0.05, 0.1) is 26.5 Å². The molecule has 2 aromatic heterocycles. The van der Waals surface area contributed by atoms with Gasteiger partial charge in [0.1, 0.15) is 11.4 Å². The summed E-state index contributed by atoms with van der Waals surface area (Å²) < 4.78 is 20.9. The van der Waals surface area contributed by atoms with Gasteiger partial charge in [-0.25, -0.2) is 0 Å². The van der Waals surface area contributed by atoms with Crippen molar-refractivity contribution >= 4 is 5.91 Å². The first-order chi connectivity index (χ1) is 12.7. The molecule has 1 amide bonds. The minimum absolute atomic E-state index is 0.136. The maximum atomic E-state index is 12.9. The van der Waals surface area contributed by atoms with Crippen LogP contribution in [-0.4, -0.2) is 43.3 Å². The van der Waals surface area contributed by atoms with E-state index in [0.717, 1.165) is 0 Å². The molecule has 7 heteroatoms. The summed E-state index contributed by atoms with van der Waals surface area (Å²) in [6, 6.07) is 12.4. The summed E-state index contributed by atoms with van der Waals surface area (Å²) in [7, 11) is 3.16. The summed E-state index contributed by atoms with van der Waals surface area (Å²) in [5, 5.41) is 4.04. The maximum absolute atomic E-state index is 12.9. The van der Waals surface area contributed by atoms with Gasteiger partial charge < -0.3 is 23.3 Å². The van der Waals surface area contributed by atoms with Gasteiger partial charge in [-0.3, -0.25) is 4.79 Å². The Morgan fingerprint density at radius 1 is 1.15 bits per heavy atom. The molecule has 0 saturated carbocycles. The molecule has 136 valence electrons. The Hall–Kier alpha value is -3.06. The third-order valence-corrected chi connectivity index (χ3v) is 3.85. The Morgan fingerprint density at radius 3 is 2.77 bits per heavy atom. The molecule has 0 N–H and O–H groups in total. The van der Waals surface area contributed by atoms with E-state index in [0.29, 0.717) is 48.2 Å². The van der Waals surface area contributed by atoms with Crippen LogP contribution in [0.3, 0.4) is 0 Å². The summed E-state index contributed by atoms with van der Waals surface area (Å²) in [6.45, 7) is 1.14. The second-order valence-corrected chi connectivity index (χ2v) is 5.61. The van der Waals surface area contributed by atoms with Crippen LogP contribution in [0.25, 0.3) is 11.5 Å². The first-order valence-electron chi connectivity index (χ1n) is 8.13. The zero-order chi connectivity index (χ0) is 18.4. The number of amides is 1. The van der Waals surface area contributed by atoms with Crippen LogP contribution in [0.1, 0.15) is 16.1 Å². The van der Waals surface area contributed by atoms with Crippen LogP contribution in [0, 0.1) is 0 Å². The van der Waals surface area contributed by atoms with Crippen molar-refractivity contribution in [2.75, 3.05) is 27.4 Å². The van der Waals surface area contributed by atoms with E-state index in [1.54, 1.807) is 67.8 Å². The van der Waals surface area contributed by atoms with Gasteiger partial charge in [-0.15, -0.1) is 0 Å². The average molecular weight is 356 g/mol. The molecular weight excluding hydrogens is 336 g/mol. The SMILES string of the molecule is COCCN(Cc1cc(-c2ccco2)on1)C(=O)c1cccc(OC)c1. The smallest absolute Gasteiger partial charge is 0.254 e. The van der Waals surface area contributed by atoms with Crippen LogP contribution in [0.5, 0.6) is 5.75 Å². The molecule has 3 rings (SSSR count). The zero-order valence-electron chi connectivity index (χ0n) is 14.7. The number of aromatic nitrogens is 1. The molecule has 0 aliphatic rings. The molecule has 2 heterocycles. The fraction of sp³-hybridized carbons (Fsp3) is 0.263. The van der Waals surface area contributed by atoms with Crippen molar-refractivity contribution in [2.24, 2.45) is 0 Å². The molecular formula is C19H20N2O5. The van der Waals surface area contributed by atoms with E-state index in [-0.39, 0.29) is 5.91 Å². The van der Waals surface area contributed by atoms with E-state index in [4.69, 9.17) is 18.4 Å². The van der Waals surface area contributed by atoms with Crippen molar-refractivity contribution in [3.05, 3.63) is 60.0 Å². The Morgan fingerprint density at radius 2 is 2.04 bits per heavy atom. The van der Waals surface area contributed by atoms with Gasteiger partial charge in [-0.1, -0.05) is 11.2 Å². The third kappa shape index (κ3) is 4.12. The number of ether oxygens (including phenoxy) is 2. The highest BCUT2D eigenvalue weighted by Crippen LogP contribution is 2.22. The second kappa shape index (κ2) is 8.35. The molecule has 0 saturated heterocycles. The molecule has 0 radical (unpaired) electrons. The van der Waals surface area contributed by atoms with Crippen molar-refractivity contribution < 1.29 is 23.2 Å². The number of carbonyl (C=O) groups is 1. The molecule has 26 heavy (non-hydrogen) atoms. The van der Waals surface area contributed by atoms with Crippen LogP contribution >= 0.6 is 0 Å². The van der Waals surface area contributed by atoms with Gasteiger partial charge in [0.15, 0.2) is 5.76 Å². The lowest BCUT2D eigenvalue weighted by atomic mass is 10.1. The fourth-order valence-electron chi connectivity index (χ4n) is 2.51. The average Bonchev–Trinajstić information content (AvgIpc) is 3.36. The Labute approximate surface area is 151 Å². The van der Waals surface area contributed by atoms with Crippen molar-refractivity contribution in [3.63, 3.8) is 0 Å². The number of methoxy groups -OCH3 is 2. The maximum Gasteiger partial charge on any atom is 0.254 e. The van der Waals surface area contributed by atoms with Crippen LogP contribution in [0.15, 0.2) is 57.7 Å². The predicted octanol–water partition coefficient (Wildman–Crippen LogP) is 3.23. The van der Waals surface area contributed by atoms with Crippen LogP contribution in [-0.2, 0) is 11.3 Å². The first-order valence-corrected chi connectivity index (χ1v) is 8.13. The lowest BCUT2D eigenvalue weighted by Crippen LogP contribution is -2.33. The van der Waals surface area contributed by atoms with Crippen molar-refractivity contribution in [3.8, 4) is 17.3 Å². The Kier molecular flexibility index (Phi) is 5.70. The second-order valence-electron chi connectivity index (χ2n) is 5.61.